The number of pyridine rings is 2. The van der Waals surface area contributed by atoms with Crippen LogP contribution < -0.4 is 0 Å². The zero-order chi connectivity index (χ0) is 34.2. The molecule has 0 aliphatic heterocycles. The molecule has 7 rings (SSSR count). The van der Waals surface area contributed by atoms with Gasteiger partial charge < -0.3 is 0 Å². The molecule has 49 heavy (non-hydrogen) atoms. The van der Waals surface area contributed by atoms with E-state index in [-0.39, 0.29) is 16.2 Å². The van der Waals surface area contributed by atoms with Crippen molar-refractivity contribution in [1.29, 1.82) is 0 Å². The van der Waals surface area contributed by atoms with Crippen LogP contribution in [0.2, 0.25) is 0 Å². The van der Waals surface area contributed by atoms with Crippen LogP contribution in [0.4, 0.5) is 0 Å². The fraction of sp³-hybridized carbons (Fsp3) is 0.277. The molecule has 2 heteroatoms. The predicted molar refractivity (Wildman–Crippen MR) is 206 cm³/mol. The summed E-state index contributed by atoms with van der Waals surface area (Å²) in [7, 11) is 0. The Morgan fingerprint density at radius 1 is 0.449 bits per heavy atom. The summed E-state index contributed by atoms with van der Waals surface area (Å²) in [5.74, 6) is 0. The highest BCUT2D eigenvalue weighted by Gasteiger charge is 2.40. The van der Waals surface area contributed by atoms with Crippen molar-refractivity contribution < 1.29 is 0 Å². The molecule has 0 amide bonds. The molecule has 2 aromatic heterocycles. The lowest BCUT2D eigenvalue weighted by Gasteiger charge is -2.35. The SMILES string of the molecule is CCC(CC)(c1ccc(-c2ccccn2)cc1)c1ccc2c(c1)C(C)(C)c1cc(C(CC)(CC)c3ccc(-c4ccccn4)cc3)ccc1-2. The average molecular weight is 641 g/mol. The van der Waals surface area contributed by atoms with Gasteiger partial charge in [-0.3, -0.25) is 9.97 Å². The number of fused-ring (bicyclic) bond motifs is 3. The van der Waals surface area contributed by atoms with Crippen LogP contribution in [0, 0.1) is 0 Å². The van der Waals surface area contributed by atoms with Crippen LogP contribution in [0.1, 0.15) is 101 Å². The highest BCUT2D eigenvalue weighted by atomic mass is 14.7. The normalized spacial score (nSPS) is 13.6. The third kappa shape index (κ3) is 5.33. The lowest BCUT2D eigenvalue weighted by Crippen LogP contribution is -2.27. The highest BCUT2D eigenvalue weighted by Crippen LogP contribution is 2.53. The lowest BCUT2D eigenvalue weighted by atomic mass is 9.68. The Labute approximate surface area is 293 Å². The molecule has 1 aliphatic rings. The molecule has 6 aromatic rings. The molecular weight excluding hydrogens is 593 g/mol. The van der Waals surface area contributed by atoms with Gasteiger partial charge in [-0.2, -0.15) is 0 Å². The van der Waals surface area contributed by atoms with Gasteiger partial charge in [0.1, 0.15) is 0 Å². The third-order valence-corrected chi connectivity index (χ3v) is 12.0. The summed E-state index contributed by atoms with van der Waals surface area (Å²) >= 11 is 0. The van der Waals surface area contributed by atoms with Gasteiger partial charge >= 0.3 is 0 Å². The van der Waals surface area contributed by atoms with Gasteiger partial charge in [0.05, 0.1) is 11.4 Å². The van der Waals surface area contributed by atoms with Gasteiger partial charge in [0.15, 0.2) is 0 Å². The van der Waals surface area contributed by atoms with Crippen molar-refractivity contribution in [3.05, 3.63) is 167 Å². The van der Waals surface area contributed by atoms with E-state index < -0.39 is 0 Å². The van der Waals surface area contributed by atoms with Crippen molar-refractivity contribution in [3.63, 3.8) is 0 Å². The minimum absolute atomic E-state index is 0.0608. The maximum absolute atomic E-state index is 4.58. The Balaban J connectivity index is 1.25. The summed E-state index contributed by atoms with van der Waals surface area (Å²) in [6.07, 6.45) is 7.89. The van der Waals surface area contributed by atoms with Crippen molar-refractivity contribution in [3.8, 4) is 33.6 Å². The van der Waals surface area contributed by atoms with Gasteiger partial charge in [0, 0.05) is 39.8 Å². The predicted octanol–water partition coefficient (Wildman–Crippen LogP) is 12.3. The van der Waals surface area contributed by atoms with Crippen molar-refractivity contribution in [2.24, 2.45) is 0 Å². The molecule has 2 nitrogen and oxygen atoms in total. The summed E-state index contributed by atoms with van der Waals surface area (Å²) in [6, 6.07) is 45.2. The first-order valence-electron chi connectivity index (χ1n) is 18.2. The van der Waals surface area contributed by atoms with E-state index >= 15 is 0 Å². The van der Waals surface area contributed by atoms with Gasteiger partial charge in [0.25, 0.3) is 0 Å². The summed E-state index contributed by atoms with van der Waals surface area (Å²) in [5.41, 5.74) is 15.3. The maximum Gasteiger partial charge on any atom is 0.0701 e. The van der Waals surface area contributed by atoms with Gasteiger partial charge in [0.2, 0.25) is 0 Å². The first-order valence-corrected chi connectivity index (χ1v) is 18.2. The Hall–Kier alpha value is -4.82. The Bertz CT molecular complexity index is 1900. The van der Waals surface area contributed by atoms with Gasteiger partial charge in [-0.05, 0) is 94.5 Å². The first-order chi connectivity index (χ1) is 23.8. The van der Waals surface area contributed by atoms with E-state index in [9.17, 15) is 0 Å². The summed E-state index contributed by atoms with van der Waals surface area (Å²) in [4.78, 5) is 9.15. The van der Waals surface area contributed by atoms with Crippen molar-refractivity contribution >= 4 is 0 Å². The molecule has 0 atom stereocenters. The monoisotopic (exact) mass is 640 g/mol. The minimum atomic E-state index is -0.108. The highest BCUT2D eigenvalue weighted by molar-refractivity contribution is 5.82. The second-order valence-corrected chi connectivity index (χ2v) is 14.3. The molecule has 0 spiro atoms. The number of rotatable bonds is 10. The number of hydrogen-bond donors (Lipinski definition) is 0. The zero-order valence-corrected chi connectivity index (χ0v) is 29.9. The largest absolute Gasteiger partial charge is 0.256 e. The van der Waals surface area contributed by atoms with Gasteiger partial charge in [-0.15, -0.1) is 0 Å². The number of hydrogen-bond acceptors (Lipinski definition) is 2. The molecule has 0 radical (unpaired) electrons. The van der Waals surface area contributed by atoms with E-state index in [1.165, 1.54) is 44.5 Å². The summed E-state index contributed by atoms with van der Waals surface area (Å²) in [5, 5.41) is 0. The van der Waals surface area contributed by atoms with E-state index in [0.717, 1.165) is 48.2 Å². The average Bonchev–Trinajstić information content (AvgIpc) is 3.39. The second kappa shape index (κ2) is 12.9. The second-order valence-electron chi connectivity index (χ2n) is 14.3. The molecule has 4 aromatic carbocycles. The fourth-order valence-electron chi connectivity index (χ4n) is 8.79. The number of aromatic nitrogens is 2. The third-order valence-electron chi connectivity index (χ3n) is 12.0. The van der Waals surface area contributed by atoms with E-state index in [2.05, 4.69) is 161 Å². The van der Waals surface area contributed by atoms with Gasteiger partial charge in [-0.1, -0.05) is 139 Å². The Kier molecular flexibility index (Phi) is 8.61. The van der Waals surface area contributed by atoms with Crippen LogP contribution >= 0.6 is 0 Å². The standard InChI is InChI=1S/C47H48N2/c1-7-46(8-2,35-21-17-33(18-22-35)43-15-11-13-29-48-43)37-25-27-39-40-28-26-38(32-42(40)45(5,6)41(39)31-37)47(9-3,10-4)36-23-19-34(20-24-36)44-16-12-14-30-49-44/h11-32H,7-10H2,1-6H3. The topological polar surface area (TPSA) is 25.8 Å². The van der Waals surface area contributed by atoms with E-state index in [1.54, 1.807) is 0 Å². The van der Waals surface area contributed by atoms with Gasteiger partial charge in [-0.25, -0.2) is 0 Å². The van der Waals surface area contributed by atoms with E-state index in [1.807, 2.05) is 24.5 Å². The fourth-order valence-corrected chi connectivity index (χ4v) is 8.79. The molecule has 0 N–H and O–H groups in total. The summed E-state index contributed by atoms with van der Waals surface area (Å²) in [6.45, 7) is 14.2. The van der Waals surface area contributed by atoms with Crippen LogP contribution in [0.15, 0.2) is 134 Å². The molecule has 0 unspecified atom stereocenters. The molecule has 246 valence electrons. The van der Waals surface area contributed by atoms with Crippen LogP contribution in [0.5, 0.6) is 0 Å². The molecule has 2 heterocycles. The minimum Gasteiger partial charge on any atom is -0.256 e. The van der Waals surface area contributed by atoms with Crippen molar-refractivity contribution in [2.75, 3.05) is 0 Å². The zero-order valence-electron chi connectivity index (χ0n) is 29.9. The lowest BCUT2D eigenvalue weighted by molar-refractivity contribution is 0.475. The van der Waals surface area contributed by atoms with E-state index in [0.29, 0.717) is 0 Å². The van der Waals surface area contributed by atoms with Crippen LogP contribution in [0.25, 0.3) is 33.6 Å². The molecule has 0 bridgehead atoms. The maximum atomic E-state index is 4.58. The van der Waals surface area contributed by atoms with E-state index in [4.69, 9.17) is 0 Å². The van der Waals surface area contributed by atoms with Crippen LogP contribution in [-0.2, 0) is 16.2 Å². The Morgan fingerprint density at radius 3 is 1.14 bits per heavy atom. The quantitative estimate of drug-likeness (QED) is 0.149. The van der Waals surface area contributed by atoms with Crippen molar-refractivity contribution in [2.45, 2.75) is 83.5 Å². The smallest absolute Gasteiger partial charge is 0.0701 e. The first kappa shape index (κ1) is 32.7. The summed E-state index contributed by atoms with van der Waals surface area (Å²) < 4.78 is 0. The Morgan fingerprint density at radius 2 is 0.816 bits per heavy atom. The molecule has 0 saturated carbocycles. The number of nitrogens with zero attached hydrogens (tertiary/aromatic N) is 2. The molecule has 0 fully saturated rings. The van der Waals surface area contributed by atoms with Crippen molar-refractivity contribution in [1.82, 2.24) is 9.97 Å². The molecule has 0 saturated heterocycles. The van der Waals surface area contributed by atoms with Crippen LogP contribution in [-0.4, -0.2) is 9.97 Å². The number of benzene rings is 4. The molecule has 1 aliphatic carbocycles. The van der Waals surface area contributed by atoms with Crippen LogP contribution in [0.3, 0.4) is 0 Å². The molecular formula is C47H48N2.